The molecular formula is C15H12ClN3S. The molecule has 20 heavy (non-hydrogen) atoms. The van der Waals surface area contributed by atoms with E-state index in [1.54, 1.807) is 0 Å². The molecule has 0 aliphatic carbocycles. The highest BCUT2D eigenvalue weighted by atomic mass is 35.5. The van der Waals surface area contributed by atoms with Gasteiger partial charge in [0.2, 0.25) is 0 Å². The SMILES string of the molecule is Cc1cc(Cl)cc(-c2n[nH]c(=S)n2-c2ccccc2)c1. The molecule has 0 saturated heterocycles. The molecule has 1 heterocycles. The Morgan fingerprint density at radius 2 is 1.90 bits per heavy atom. The van der Waals surface area contributed by atoms with Gasteiger partial charge in [-0.05, 0) is 55.0 Å². The first-order chi connectivity index (χ1) is 9.65. The van der Waals surface area contributed by atoms with Crippen LogP contribution in [-0.2, 0) is 0 Å². The van der Waals surface area contributed by atoms with E-state index in [0.717, 1.165) is 22.6 Å². The second-order valence-electron chi connectivity index (χ2n) is 4.54. The summed E-state index contributed by atoms with van der Waals surface area (Å²) >= 11 is 11.5. The number of para-hydroxylation sites is 1. The molecule has 3 rings (SSSR count). The summed E-state index contributed by atoms with van der Waals surface area (Å²) in [5.41, 5.74) is 2.99. The van der Waals surface area contributed by atoms with Crippen molar-refractivity contribution in [3.63, 3.8) is 0 Å². The smallest absolute Gasteiger partial charge is 0.200 e. The number of benzene rings is 2. The van der Waals surface area contributed by atoms with E-state index in [-0.39, 0.29) is 0 Å². The Labute approximate surface area is 126 Å². The lowest BCUT2D eigenvalue weighted by molar-refractivity contribution is 1.04. The Kier molecular flexibility index (Phi) is 3.42. The van der Waals surface area contributed by atoms with Gasteiger partial charge in [-0.3, -0.25) is 9.67 Å². The van der Waals surface area contributed by atoms with Crippen molar-refractivity contribution in [1.29, 1.82) is 0 Å². The van der Waals surface area contributed by atoms with Crippen molar-refractivity contribution in [3.8, 4) is 17.1 Å². The van der Waals surface area contributed by atoms with Gasteiger partial charge < -0.3 is 0 Å². The molecule has 3 aromatic rings. The molecule has 1 aromatic heterocycles. The molecule has 0 atom stereocenters. The molecule has 5 heteroatoms. The van der Waals surface area contributed by atoms with Crippen molar-refractivity contribution in [2.45, 2.75) is 6.92 Å². The number of aromatic amines is 1. The molecule has 0 bridgehead atoms. The first kappa shape index (κ1) is 13.1. The molecule has 0 aliphatic rings. The molecule has 0 unspecified atom stereocenters. The lowest BCUT2D eigenvalue weighted by atomic mass is 10.1. The molecular weight excluding hydrogens is 290 g/mol. The Morgan fingerprint density at radius 3 is 2.60 bits per heavy atom. The van der Waals surface area contributed by atoms with Crippen molar-refractivity contribution < 1.29 is 0 Å². The third-order valence-corrected chi connectivity index (χ3v) is 3.48. The molecule has 0 radical (unpaired) electrons. The molecule has 2 aromatic carbocycles. The van der Waals surface area contributed by atoms with Crippen molar-refractivity contribution in [1.82, 2.24) is 14.8 Å². The van der Waals surface area contributed by atoms with E-state index >= 15 is 0 Å². The third-order valence-electron chi connectivity index (χ3n) is 2.99. The summed E-state index contributed by atoms with van der Waals surface area (Å²) in [6.07, 6.45) is 0. The standard InChI is InChI=1S/C15H12ClN3S/c1-10-7-11(9-12(16)8-10)14-17-18-15(20)19(14)13-5-3-2-4-6-13/h2-9H,1H3,(H,18,20). The molecule has 0 aliphatic heterocycles. The maximum absolute atomic E-state index is 6.13. The average molecular weight is 302 g/mol. The lowest BCUT2D eigenvalue weighted by Gasteiger charge is -2.07. The zero-order chi connectivity index (χ0) is 14.1. The minimum absolute atomic E-state index is 0.559. The van der Waals surface area contributed by atoms with Crippen LogP contribution in [0.3, 0.4) is 0 Å². The van der Waals surface area contributed by atoms with E-state index < -0.39 is 0 Å². The Hall–Kier alpha value is -1.91. The van der Waals surface area contributed by atoms with Gasteiger partial charge in [0.15, 0.2) is 10.6 Å². The van der Waals surface area contributed by atoms with E-state index in [4.69, 9.17) is 23.8 Å². The monoisotopic (exact) mass is 301 g/mol. The second kappa shape index (κ2) is 5.23. The number of hydrogen-bond acceptors (Lipinski definition) is 2. The summed E-state index contributed by atoms with van der Waals surface area (Å²) in [4.78, 5) is 0. The van der Waals surface area contributed by atoms with Gasteiger partial charge in [-0.1, -0.05) is 29.8 Å². The highest BCUT2D eigenvalue weighted by Crippen LogP contribution is 2.25. The van der Waals surface area contributed by atoms with E-state index in [1.807, 2.05) is 60.0 Å². The number of nitrogens with zero attached hydrogens (tertiary/aromatic N) is 2. The average Bonchev–Trinajstić information content (AvgIpc) is 2.80. The Balaban J connectivity index is 2.24. The Bertz CT molecular complexity index is 785. The van der Waals surface area contributed by atoms with Crippen LogP contribution >= 0.6 is 23.8 Å². The van der Waals surface area contributed by atoms with Gasteiger partial charge in [0.1, 0.15) is 0 Å². The third kappa shape index (κ3) is 2.40. The van der Waals surface area contributed by atoms with Gasteiger partial charge in [-0.2, -0.15) is 5.10 Å². The van der Waals surface area contributed by atoms with Crippen LogP contribution in [0.4, 0.5) is 0 Å². The van der Waals surface area contributed by atoms with Gasteiger partial charge in [0.25, 0.3) is 0 Å². The predicted molar refractivity (Wildman–Crippen MR) is 83.9 cm³/mol. The van der Waals surface area contributed by atoms with Crippen molar-refractivity contribution in [2.24, 2.45) is 0 Å². The number of halogens is 1. The normalized spacial score (nSPS) is 10.7. The number of aryl methyl sites for hydroxylation is 1. The summed E-state index contributed by atoms with van der Waals surface area (Å²) in [6, 6.07) is 15.7. The fourth-order valence-electron chi connectivity index (χ4n) is 2.17. The lowest BCUT2D eigenvalue weighted by Crippen LogP contribution is -1.97. The predicted octanol–water partition coefficient (Wildman–Crippen LogP) is 4.56. The van der Waals surface area contributed by atoms with E-state index in [2.05, 4.69) is 10.2 Å². The minimum Gasteiger partial charge on any atom is -0.268 e. The van der Waals surface area contributed by atoms with E-state index in [0.29, 0.717) is 9.79 Å². The van der Waals surface area contributed by atoms with Crippen LogP contribution in [0.15, 0.2) is 48.5 Å². The van der Waals surface area contributed by atoms with Crippen LogP contribution < -0.4 is 0 Å². The van der Waals surface area contributed by atoms with Crippen molar-refractivity contribution >= 4 is 23.8 Å². The molecule has 3 nitrogen and oxygen atoms in total. The summed E-state index contributed by atoms with van der Waals surface area (Å²) in [6.45, 7) is 2.00. The molecule has 1 N–H and O–H groups in total. The fraction of sp³-hybridized carbons (Fsp3) is 0.0667. The van der Waals surface area contributed by atoms with Crippen LogP contribution in [0.1, 0.15) is 5.56 Å². The van der Waals surface area contributed by atoms with Crippen LogP contribution in [0.2, 0.25) is 5.02 Å². The Morgan fingerprint density at radius 1 is 1.15 bits per heavy atom. The number of aromatic nitrogens is 3. The van der Waals surface area contributed by atoms with Gasteiger partial charge in [0, 0.05) is 16.3 Å². The summed E-state index contributed by atoms with van der Waals surface area (Å²) < 4.78 is 2.46. The summed E-state index contributed by atoms with van der Waals surface area (Å²) in [7, 11) is 0. The zero-order valence-corrected chi connectivity index (χ0v) is 12.4. The number of H-pyrrole nitrogens is 1. The minimum atomic E-state index is 0.559. The number of hydrogen-bond donors (Lipinski definition) is 1. The molecule has 100 valence electrons. The van der Waals surface area contributed by atoms with Gasteiger partial charge in [-0.25, -0.2) is 0 Å². The van der Waals surface area contributed by atoms with Crippen LogP contribution in [0.25, 0.3) is 17.1 Å². The van der Waals surface area contributed by atoms with E-state index in [9.17, 15) is 0 Å². The largest absolute Gasteiger partial charge is 0.268 e. The first-order valence-corrected chi connectivity index (χ1v) is 6.94. The molecule has 0 spiro atoms. The topological polar surface area (TPSA) is 33.6 Å². The molecule has 0 fully saturated rings. The maximum Gasteiger partial charge on any atom is 0.200 e. The van der Waals surface area contributed by atoms with Gasteiger partial charge in [-0.15, -0.1) is 0 Å². The molecule has 0 amide bonds. The first-order valence-electron chi connectivity index (χ1n) is 6.15. The highest BCUT2D eigenvalue weighted by Gasteiger charge is 2.11. The van der Waals surface area contributed by atoms with Crippen LogP contribution in [0, 0.1) is 11.7 Å². The van der Waals surface area contributed by atoms with Crippen LogP contribution in [-0.4, -0.2) is 14.8 Å². The maximum atomic E-state index is 6.13. The van der Waals surface area contributed by atoms with Gasteiger partial charge in [0.05, 0.1) is 0 Å². The zero-order valence-electron chi connectivity index (χ0n) is 10.8. The number of rotatable bonds is 2. The quantitative estimate of drug-likeness (QED) is 0.704. The molecule has 0 saturated carbocycles. The van der Waals surface area contributed by atoms with Crippen LogP contribution in [0.5, 0.6) is 0 Å². The van der Waals surface area contributed by atoms with Crippen molar-refractivity contribution in [3.05, 3.63) is 63.9 Å². The van der Waals surface area contributed by atoms with Crippen molar-refractivity contribution in [2.75, 3.05) is 0 Å². The fourth-order valence-corrected chi connectivity index (χ4v) is 2.70. The summed E-state index contributed by atoms with van der Waals surface area (Å²) in [5.74, 6) is 0.756. The number of nitrogens with one attached hydrogen (secondary N) is 1. The summed E-state index contributed by atoms with van der Waals surface area (Å²) in [5, 5.41) is 7.87. The van der Waals surface area contributed by atoms with Gasteiger partial charge >= 0.3 is 0 Å². The highest BCUT2D eigenvalue weighted by molar-refractivity contribution is 7.71. The second-order valence-corrected chi connectivity index (χ2v) is 5.36. The van der Waals surface area contributed by atoms with E-state index in [1.165, 1.54) is 0 Å².